The summed E-state index contributed by atoms with van der Waals surface area (Å²) in [6, 6.07) is 0. The van der Waals surface area contributed by atoms with Crippen molar-refractivity contribution in [2.75, 3.05) is 26.4 Å². The molecule has 10 rings (SSSR count). The Labute approximate surface area is 504 Å². The highest BCUT2D eigenvalue weighted by molar-refractivity contribution is 5.80. The minimum Gasteiger partial charge on any atom is -0.432 e. The molecule has 0 aromatic rings. The van der Waals surface area contributed by atoms with Gasteiger partial charge in [-0.3, -0.25) is 4.79 Å². The summed E-state index contributed by atoms with van der Waals surface area (Å²) in [5.74, 6) is -2.11. The Morgan fingerprint density at radius 1 is 0.563 bits per heavy atom. The third-order valence-electron chi connectivity index (χ3n) is 23.2. The van der Waals surface area contributed by atoms with Crippen molar-refractivity contribution in [3.05, 3.63) is 11.6 Å². The highest BCUT2D eigenvalue weighted by atomic mass is 16.8. The molecule has 0 amide bonds. The van der Waals surface area contributed by atoms with Gasteiger partial charge in [-0.25, -0.2) is 0 Å². The van der Waals surface area contributed by atoms with E-state index >= 15 is 4.79 Å². The molecule has 28 heteroatoms. The summed E-state index contributed by atoms with van der Waals surface area (Å²) in [5, 5.41) is 188. The van der Waals surface area contributed by atoms with Gasteiger partial charge in [0.2, 0.25) is 6.29 Å². The van der Waals surface area contributed by atoms with Gasteiger partial charge in [0.05, 0.1) is 56.9 Å². The molecule has 9 fully saturated rings. The van der Waals surface area contributed by atoms with Crippen LogP contribution in [0.3, 0.4) is 0 Å². The topological polar surface area (TPSA) is 453 Å². The zero-order valence-corrected chi connectivity index (χ0v) is 50.5. The lowest BCUT2D eigenvalue weighted by Crippen LogP contribution is -2.70. The molecule has 5 saturated heterocycles. The maximum absolute atomic E-state index is 15.8. The van der Waals surface area contributed by atoms with Crippen LogP contribution in [0.25, 0.3) is 0 Å². The number of allylic oxidation sites excluding steroid dienone is 2. The zero-order chi connectivity index (χ0) is 63.7. The van der Waals surface area contributed by atoms with E-state index in [1.807, 2.05) is 0 Å². The van der Waals surface area contributed by atoms with Gasteiger partial charge in [0.25, 0.3) is 0 Å². The molecule has 5 heterocycles. The van der Waals surface area contributed by atoms with Crippen molar-refractivity contribution in [2.45, 2.75) is 272 Å². The predicted molar refractivity (Wildman–Crippen MR) is 291 cm³/mol. The number of rotatable bonds is 13. The Morgan fingerprint density at radius 2 is 1.13 bits per heavy atom. The highest BCUT2D eigenvalue weighted by Gasteiger charge is 2.73. The molecule has 4 saturated carbocycles. The van der Waals surface area contributed by atoms with Gasteiger partial charge in [-0.1, -0.05) is 53.2 Å². The molecule has 5 aliphatic heterocycles. The number of carbonyl (C=O) groups excluding carboxylic acids is 1. The Kier molecular flexibility index (Phi) is 19.4. The van der Waals surface area contributed by atoms with Crippen LogP contribution in [-0.4, -0.2) is 285 Å². The number of esters is 1. The van der Waals surface area contributed by atoms with Gasteiger partial charge >= 0.3 is 5.97 Å². The van der Waals surface area contributed by atoms with Crippen LogP contribution in [0.5, 0.6) is 0 Å². The third-order valence-corrected chi connectivity index (χ3v) is 23.2. The molecule has 5 aliphatic carbocycles. The van der Waals surface area contributed by atoms with E-state index in [0.29, 0.717) is 32.1 Å². The van der Waals surface area contributed by atoms with Crippen molar-refractivity contribution in [1.82, 2.24) is 0 Å². The van der Waals surface area contributed by atoms with Crippen LogP contribution in [0.15, 0.2) is 11.6 Å². The van der Waals surface area contributed by atoms with E-state index in [9.17, 15) is 86.8 Å². The molecule has 0 aromatic heterocycles. The fourth-order valence-electron chi connectivity index (χ4n) is 17.7. The number of fused-ring (bicyclic) bond motifs is 7. The first-order chi connectivity index (χ1) is 40.7. The fraction of sp³-hybridized carbons (Fsp3) is 0.949. The van der Waals surface area contributed by atoms with Gasteiger partial charge in [0.15, 0.2) is 31.3 Å². The summed E-state index contributed by atoms with van der Waals surface area (Å²) in [7, 11) is 0. The van der Waals surface area contributed by atoms with Gasteiger partial charge in [-0.05, 0) is 105 Å². The second-order valence-electron chi connectivity index (χ2n) is 28.8. The molecule has 17 N–H and O–H groups in total. The van der Waals surface area contributed by atoms with E-state index in [1.54, 1.807) is 6.92 Å². The van der Waals surface area contributed by atoms with Gasteiger partial charge < -0.3 is 134 Å². The van der Waals surface area contributed by atoms with Gasteiger partial charge in [0.1, 0.15) is 103 Å². The Balaban J connectivity index is 0.927. The summed E-state index contributed by atoms with van der Waals surface area (Å²) in [5.41, 5.74) is -4.47. The van der Waals surface area contributed by atoms with Crippen LogP contribution in [-0.2, 0) is 52.2 Å². The van der Waals surface area contributed by atoms with Crippen molar-refractivity contribution < 1.29 is 139 Å². The van der Waals surface area contributed by atoms with E-state index in [-0.39, 0.29) is 43.1 Å². The van der Waals surface area contributed by atoms with E-state index in [0.717, 1.165) is 5.57 Å². The monoisotopic (exact) mass is 1250 g/mol. The van der Waals surface area contributed by atoms with E-state index in [1.165, 1.54) is 13.8 Å². The van der Waals surface area contributed by atoms with Crippen LogP contribution in [0.4, 0.5) is 0 Å². The first kappa shape index (κ1) is 68.0. The van der Waals surface area contributed by atoms with Gasteiger partial charge in [-0.15, -0.1) is 0 Å². The lowest BCUT2D eigenvalue weighted by molar-refractivity contribution is -0.385. The molecule has 0 bridgehead atoms. The minimum atomic E-state index is -1.97. The van der Waals surface area contributed by atoms with Crippen molar-refractivity contribution >= 4 is 5.97 Å². The largest absolute Gasteiger partial charge is 0.432 e. The summed E-state index contributed by atoms with van der Waals surface area (Å²) >= 11 is 0. The lowest BCUT2D eigenvalue weighted by Gasteiger charge is -2.72. The number of hydrogen-bond acceptors (Lipinski definition) is 28. The lowest BCUT2D eigenvalue weighted by atomic mass is 9.33. The van der Waals surface area contributed by atoms with Crippen LogP contribution >= 0.6 is 0 Å². The van der Waals surface area contributed by atoms with Crippen LogP contribution in [0.1, 0.15) is 107 Å². The molecule has 0 spiro atoms. The Morgan fingerprint density at radius 3 is 1.77 bits per heavy atom. The SMILES string of the molecule is CC1OC(OC2C(OC(=O)C34CCC(C)(C)CC3C3=CCC5C6(C)CC(O)C(OC7OC(COC8OCC(O)C(O)C8O)C(O)C(O)C7O)C(C)(CO)C6CCC5(C)C3(C)CC4O)OC(C)C(O)C2OC2OC(CO)C(O)C(O)C2O)C(O)C(O)C1O. The number of carbonyl (C=O) groups is 1. The standard InChI is InChI=1S/C59H96O28/c1-22-33(65)38(70)42(74)49(80-22)85-46-45(84-50-43(75)39(71)36(68)28(18-60)82-50)34(66)23(2)81-52(46)87-53(77)59-14-13-54(3,4)15-25(59)24-9-10-31-55(5)16-26(62)47(56(6,21-61)30(55)11-12-57(31,7)58(24,8)17-32(59)64)86-51-44(76)40(72)37(69)29(83-51)20-79-48-41(73)35(67)27(63)19-78-48/h9,22-23,25-52,60-76H,10-21H2,1-8H3. The summed E-state index contributed by atoms with van der Waals surface area (Å²) in [6.45, 7) is 13.0. The van der Waals surface area contributed by atoms with Crippen molar-refractivity contribution in [1.29, 1.82) is 0 Å². The Hall–Kier alpha value is -1.83. The summed E-state index contributed by atoms with van der Waals surface area (Å²) in [4.78, 5) is 15.8. The molecule has 35 unspecified atom stereocenters. The second-order valence-corrected chi connectivity index (χ2v) is 28.8. The highest BCUT2D eigenvalue weighted by Crippen LogP contribution is 2.76. The minimum absolute atomic E-state index is 0.0676. The van der Waals surface area contributed by atoms with Gasteiger partial charge in [-0.2, -0.15) is 0 Å². The number of hydrogen-bond donors (Lipinski definition) is 17. The molecular weight excluding hydrogens is 1160 g/mol. The average Bonchev–Trinajstić information content (AvgIpc) is 0.675. The molecule has 0 aromatic carbocycles. The summed E-state index contributed by atoms with van der Waals surface area (Å²) in [6.07, 6.45) is -39.2. The Bertz CT molecular complexity index is 2440. The molecule has 87 heavy (non-hydrogen) atoms. The number of aliphatic hydroxyl groups excluding tert-OH is 17. The first-order valence-electron chi connectivity index (χ1n) is 30.8. The maximum Gasteiger partial charge on any atom is 0.317 e. The second kappa shape index (κ2) is 24.8. The van der Waals surface area contributed by atoms with Crippen LogP contribution < -0.4 is 0 Å². The maximum atomic E-state index is 15.8. The molecule has 28 nitrogen and oxygen atoms in total. The van der Waals surface area contributed by atoms with Crippen LogP contribution in [0.2, 0.25) is 0 Å². The van der Waals surface area contributed by atoms with E-state index < -0.39 is 225 Å². The number of aliphatic hydroxyl groups is 17. The molecule has 35 atom stereocenters. The predicted octanol–water partition coefficient (Wildman–Crippen LogP) is -4.60. The van der Waals surface area contributed by atoms with Crippen molar-refractivity contribution in [2.24, 2.45) is 50.2 Å². The van der Waals surface area contributed by atoms with Gasteiger partial charge in [0, 0.05) is 5.41 Å². The van der Waals surface area contributed by atoms with E-state index in [4.69, 9.17) is 47.4 Å². The first-order valence-corrected chi connectivity index (χ1v) is 30.8. The third kappa shape index (κ3) is 11.2. The van der Waals surface area contributed by atoms with Crippen molar-refractivity contribution in [3.63, 3.8) is 0 Å². The summed E-state index contributed by atoms with van der Waals surface area (Å²) < 4.78 is 60.0. The molecule has 10 aliphatic rings. The molecule has 0 radical (unpaired) electrons. The van der Waals surface area contributed by atoms with Crippen LogP contribution in [0, 0.1) is 50.2 Å². The fourth-order valence-corrected chi connectivity index (χ4v) is 17.7. The van der Waals surface area contributed by atoms with E-state index in [2.05, 4.69) is 40.7 Å². The van der Waals surface area contributed by atoms with Crippen molar-refractivity contribution in [3.8, 4) is 0 Å². The average molecular weight is 1250 g/mol. The normalized spacial score (nSPS) is 56.0. The quantitative estimate of drug-likeness (QED) is 0.0469. The number of ether oxygens (including phenoxy) is 10. The molecule has 500 valence electrons. The molecular formula is C59H96O28. The smallest absolute Gasteiger partial charge is 0.317 e. The zero-order valence-electron chi connectivity index (χ0n) is 50.5.